The van der Waals surface area contributed by atoms with Gasteiger partial charge >= 0.3 is 0 Å². The average Bonchev–Trinajstić information content (AvgIpc) is 3.47. The maximum absolute atomic E-state index is 6.57. The largest absolute Gasteiger partial charge is 0.469 e. The van der Waals surface area contributed by atoms with Crippen LogP contribution in [0.2, 0.25) is 5.02 Å². The molecule has 0 bridgehead atoms. The summed E-state index contributed by atoms with van der Waals surface area (Å²) in [6.07, 6.45) is 5.29. The molecule has 2 aromatic carbocycles. The number of rotatable bonds is 6. The summed E-state index contributed by atoms with van der Waals surface area (Å²) in [5.74, 6) is 0.694. The van der Waals surface area contributed by atoms with Crippen LogP contribution in [-0.4, -0.2) is 16.8 Å². The molecule has 1 N–H and O–H groups in total. The predicted octanol–water partition coefficient (Wildman–Crippen LogP) is 8.80. The first kappa shape index (κ1) is 25.4. The topological polar surface area (TPSA) is 34.1 Å². The molecule has 3 unspecified atom stereocenters. The first-order valence-corrected chi connectivity index (χ1v) is 15.7. The molecule has 4 aromatic rings. The molecule has 0 amide bonds. The van der Waals surface area contributed by atoms with E-state index in [1.54, 1.807) is 11.3 Å². The first-order chi connectivity index (χ1) is 18.1. The molecule has 3 nitrogen and oxygen atoms in total. The monoisotopic (exact) mass is 610 g/mol. The Bertz CT molecular complexity index is 1370. The van der Waals surface area contributed by atoms with Gasteiger partial charge in [0.1, 0.15) is 6.10 Å². The van der Waals surface area contributed by atoms with Crippen molar-refractivity contribution in [2.24, 2.45) is 0 Å². The number of hydrogen-bond acceptors (Lipinski definition) is 5. The van der Waals surface area contributed by atoms with Crippen molar-refractivity contribution in [3.63, 3.8) is 0 Å². The van der Waals surface area contributed by atoms with Crippen LogP contribution in [0.3, 0.4) is 0 Å². The quantitative estimate of drug-likeness (QED) is 0.236. The summed E-state index contributed by atoms with van der Waals surface area (Å²) >= 11 is 13.7. The summed E-state index contributed by atoms with van der Waals surface area (Å²) in [7, 11) is 0. The number of fused-ring (bicyclic) bond motifs is 1. The minimum atomic E-state index is -0.329. The van der Waals surface area contributed by atoms with Gasteiger partial charge in [-0.3, -0.25) is 0 Å². The van der Waals surface area contributed by atoms with Gasteiger partial charge in [-0.25, -0.2) is 4.98 Å². The molecule has 6 rings (SSSR count). The van der Waals surface area contributed by atoms with E-state index in [9.17, 15) is 0 Å². The third kappa shape index (κ3) is 5.37. The van der Waals surface area contributed by atoms with Crippen molar-refractivity contribution in [2.45, 2.75) is 53.9 Å². The molecule has 1 aliphatic heterocycles. The number of nitrogens with zero attached hydrogens (tertiary/aromatic N) is 1. The Labute approximate surface area is 240 Å². The van der Waals surface area contributed by atoms with Gasteiger partial charge in [-0.1, -0.05) is 51.8 Å². The van der Waals surface area contributed by atoms with Gasteiger partial charge in [0.15, 0.2) is 0 Å². The Balaban J connectivity index is 1.25. The van der Waals surface area contributed by atoms with Gasteiger partial charge in [0.2, 0.25) is 5.88 Å². The number of thiophene rings is 1. The number of pyridine rings is 1. The molecule has 1 aliphatic carbocycles. The Morgan fingerprint density at radius 1 is 1.08 bits per heavy atom. The molecule has 0 saturated carbocycles. The molecule has 0 radical (unpaired) electrons. The van der Waals surface area contributed by atoms with Gasteiger partial charge in [0.25, 0.3) is 0 Å². The second-order valence-electron chi connectivity index (χ2n) is 9.71. The average molecular weight is 612 g/mol. The molecular formula is C30H28BrClN2OS2. The summed E-state index contributed by atoms with van der Waals surface area (Å²) in [4.78, 5) is 6.26. The SMILES string of the molecule is Clc1ccccc1SC1CCC(c2ccsc2)(c2cccc(OC3CCCc4ccc(Br)cc43)n2)NC1. The fourth-order valence-electron chi connectivity index (χ4n) is 5.51. The third-order valence-electron chi connectivity index (χ3n) is 7.41. The normalized spacial score (nSPS) is 23.4. The molecule has 190 valence electrons. The Morgan fingerprint density at radius 2 is 2.00 bits per heavy atom. The minimum Gasteiger partial charge on any atom is -0.469 e. The lowest BCUT2D eigenvalue weighted by molar-refractivity contribution is 0.173. The molecular weight excluding hydrogens is 584 g/mol. The van der Waals surface area contributed by atoms with Crippen LogP contribution in [0.5, 0.6) is 5.88 Å². The highest BCUT2D eigenvalue weighted by Gasteiger charge is 2.40. The highest BCUT2D eigenvalue weighted by molar-refractivity contribution is 9.10. The molecule has 1 saturated heterocycles. The number of halogens is 2. The molecule has 1 fully saturated rings. The van der Waals surface area contributed by atoms with Crippen LogP contribution in [0.4, 0.5) is 0 Å². The molecule has 3 atom stereocenters. The molecule has 2 aliphatic rings. The van der Waals surface area contributed by atoms with E-state index >= 15 is 0 Å². The van der Waals surface area contributed by atoms with Crippen LogP contribution in [0.1, 0.15) is 54.2 Å². The van der Waals surface area contributed by atoms with Crippen LogP contribution in [-0.2, 0) is 12.0 Å². The second kappa shape index (κ2) is 11.1. The summed E-state index contributed by atoms with van der Waals surface area (Å²) in [6.45, 7) is 0.878. The molecule has 0 spiro atoms. The van der Waals surface area contributed by atoms with Crippen molar-refractivity contribution in [3.8, 4) is 5.88 Å². The van der Waals surface area contributed by atoms with E-state index in [0.717, 1.165) is 58.7 Å². The fraction of sp³-hybridized carbons (Fsp3) is 0.300. The number of ether oxygens (including phenoxy) is 1. The Kier molecular flexibility index (Phi) is 7.64. The minimum absolute atomic E-state index is 0.0248. The van der Waals surface area contributed by atoms with Crippen molar-refractivity contribution in [2.75, 3.05) is 6.54 Å². The van der Waals surface area contributed by atoms with Crippen LogP contribution in [0.25, 0.3) is 0 Å². The van der Waals surface area contributed by atoms with E-state index < -0.39 is 0 Å². The second-order valence-corrected chi connectivity index (χ2v) is 13.2. The summed E-state index contributed by atoms with van der Waals surface area (Å²) in [5.41, 5.74) is 4.62. The number of nitrogens with one attached hydrogen (secondary N) is 1. The zero-order valence-corrected chi connectivity index (χ0v) is 24.3. The van der Waals surface area contributed by atoms with Gasteiger partial charge in [-0.15, -0.1) is 11.8 Å². The van der Waals surface area contributed by atoms with Gasteiger partial charge in [-0.05, 0) is 96.0 Å². The van der Waals surface area contributed by atoms with Gasteiger partial charge in [0, 0.05) is 27.2 Å². The van der Waals surface area contributed by atoms with Crippen LogP contribution in [0.15, 0.2) is 86.9 Å². The van der Waals surface area contributed by atoms with E-state index in [4.69, 9.17) is 21.3 Å². The lowest BCUT2D eigenvalue weighted by Gasteiger charge is -2.41. The zero-order valence-electron chi connectivity index (χ0n) is 20.3. The van der Waals surface area contributed by atoms with Gasteiger partial charge in [0.05, 0.1) is 16.3 Å². The van der Waals surface area contributed by atoms with Crippen molar-refractivity contribution in [1.82, 2.24) is 10.3 Å². The first-order valence-electron chi connectivity index (χ1n) is 12.7. The van der Waals surface area contributed by atoms with Gasteiger partial charge < -0.3 is 10.1 Å². The van der Waals surface area contributed by atoms with Crippen LogP contribution < -0.4 is 10.1 Å². The zero-order chi connectivity index (χ0) is 25.2. The lowest BCUT2D eigenvalue weighted by Crippen LogP contribution is -2.50. The molecule has 7 heteroatoms. The maximum Gasteiger partial charge on any atom is 0.214 e. The van der Waals surface area contributed by atoms with E-state index in [0.29, 0.717) is 11.1 Å². The van der Waals surface area contributed by atoms with Crippen molar-refractivity contribution in [1.29, 1.82) is 0 Å². The fourth-order valence-corrected chi connectivity index (χ4v) is 7.99. The summed E-state index contributed by atoms with van der Waals surface area (Å²) < 4.78 is 7.66. The number of hydrogen-bond donors (Lipinski definition) is 1. The third-order valence-corrected chi connectivity index (χ3v) is 10.4. The number of thioether (sulfide) groups is 1. The number of benzene rings is 2. The van der Waals surface area contributed by atoms with E-state index in [-0.39, 0.29) is 11.6 Å². The molecule has 3 heterocycles. The molecule has 37 heavy (non-hydrogen) atoms. The van der Waals surface area contributed by atoms with E-state index in [1.165, 1.54) is 16.7 Å². The maximum atomic E-state index is 6.57. The highest BCUT2D eigenvalue weighted by atomic mass is 79.9. The predicted molar refractivity (Wildman–Crippen MR) is 158 cm³/mol. The molecule has 2 aromatic heterocycles. The Morgan fingerprint density at radius 3 is 2.81 bits per heavy atom. The van der Waals surface area contributed by atoms with Crippen molar-refractivity contribution >= 4 is 50.6 Å². The summed E-state index contributed by atoms with van der Waals surface area (Å²) in [6, 6.07) is 23.1. The van der Waals surface area contributed by atoms with Crippen molar-refractivity contribution < 1.29 is 4.74 Å². The number of aromatic nitrogens is 1. The van der Waals surface area contributed by atoms with Gasteiger partial charge in [-0.2, -0.15) is 11.3 Å². The highest BCUT2D eigenvalue weighted by Crippen LogP contribution is 2.42. The van der Waals surface area contributed by atoms with Crippen molar-refractivity contribution in [3.05, 3.63) is 109 Å². The van der Waals surface area contributed by atoms with Crippen LogP contribution >= 0.6 is 50.6 Å². The lowest BCUT2D eigenvalue weighted by atomic mass is 9.80. The standard InChI is InChI=1S/C30H28BrClN2OS2/c31-22-12-11-20-5-3-7-26(24(20)17-22)35-29-10-4-9-28(34-29)30(21-14-16-36-19-21)15-13-23(18-33-30)37-27-8-2-1-6-25(27)32/h1-2,4,6,8-12,14,16-17,19,23,26,33H,3,5,7,13,15,18H2. The summed E-state index contributed by atoms with van der Waals surface area (Å²) in [5, 5.41) is 9.59. The number of aryl methyl sites for hydroxylation is 1. The van der Waals surface area contributed by atoms with E-state index in [2.05, 4.69) is 80.5 Å². The smallest absolute Gasteiger partial charge is 0.214 e. The Hall–Kier alpha value is -1.83. The van der Waals surface area contributed by atoms with Crippen LogP contribution in [0, 0.1) is 0 Å². The van der Waals surface area contributed by atoms with E-state index in [1.807, 2.05) is 30.0 Å². The number of piperidine rings is 1.